The Labute approximate surface area is 177 Å². The molecule has 0 unspecified atom stereocenters. The van der Waals surface area contributed by atoms with E-state index in [4.69, 9.17) is 9.47 Å². The zero-order chi connectivity index (χ0) is 20.7. The van der Waals surface area contributed by atoms with Crippen LogP contribution in [0, 0.1) is 12.8 Å². The fourth-order valence-corrected chi connectivity index (χ4v) is 4.27. The second-order valence-electron chi connectivity index (χ2n) is 7.26. The van der Waals surface area contributed by atoms with E-state index in [0.717, 1.165) is 16.3 Å². The van der Waals surface area contributed by atoms with Crippen molar-refractivity contribution in [3.63, 3.8) is 0 Å². The highest BCUT2D eigenvalue weighted by Crippen LogP contribution is 2.37. The van der Waals surface area contributed by atoms with Crippen molar-refractivity contribution >= 4 is 34.5 Å². The average Bonchev–Trinajstić information content (AvgIpc) is 3.47. The van der Waals surface area contributed by atoms with Gasteiger partial charge in [0.2, 0.25) is 18.6 Å². The first kappa shape index (κ1) is 18.6. The molecule has 2 aliphatic rings. The van der Waals surface area contributed by atoms with E-state index in [-0.39, 0.29) is 25.0 Å². The minimum Gasteiger partial charge on any atom is -0.454 e. The maximum Gasteiger partial charge on any atom is 0.231 e. The first-order valence-corrected chi connectivity index (χ1v) is 10.5. The Bertz CT molecular complexity index is 1130. The number of nitrogens with one attached hydrogen (secondary N) is 1. The van der Waals surface area contributed by atoms with Crippen molar-refractivity contribution < 1.29 is 19.1 Å². The fraction of sp³-hybridized carbons (Fsp3) is 0.227. The number of aromatic nitrogens is 1. The van der Waals surface area contributed by atoms with E-state index in [0.29, 0.717) is 29.4 Å². The predicted octanol–water partition coefficient (Wildman–Crippen LogP) is 3.84. The normalized spacial score (nSPS) is 17.4. The third kappa shape index (κ3) is 3.50. The van der Waals surface area contributed by atoms with Gasteiger partial charge in [0, 0.05) is 41.4 Å². The van der Waals surface area contributed by atoms with Crippen LogP contribution in [-0.2, 0) is 9.59 Å². The van der Waals surface area contributed by atoms with Crippen molar-refractivity contribution in [1.82, 2.24) is 4.98 Å². The summed E-state index contributed by atoms with van der Waals surface area (Å²) in [6, 6.07) is 12.9. The number of ether oxygens (including phenoxy) is 2. The molecule has 0 spiro atoms. The molecule has 30 heavy (non-hydrogen) atoms. The summed E-state index contributed by atoms with van der Waals surface area (Å²) in [5.41, 5.74) is 3.34. The highest BCUT2D eigenvalue weighted by Gasteiger charge is 2.35. The smallest absolute Gasteiger partial charge is 0.231 e. The SMILES string of the molecule is Cc1nc(-c2ccc(NC(=O)[C@@H]3CC(=O)N(c4ccc5c(c4)OCO5)C3)cc2)cs1. The van der Waals surface area contributed by atoms with Crippen molar-refractivity contribution in [2.45, 2.75) is 13.3 Å². The molecule has 1 N–H and O–H groups in total. The number of benzene rings is 2. The van der Waals surface area contributed by atoms with Gasteiger partial charge in [-0.2, -0.15) is 0 Å². The minimum absolute atomic E-state index is 0.0803. The highest BCUT2D eigenvalue weighted by molar-refractivity contribution is 7.09. The summed E-state index contributed by atoms with van der Waals surface area (Å²) in [6.07, 6.45) is 0.177. The molecule has 2 aromatic carbocycles. The zero-order valence-electron chi connectivity index (χ0n) is 16.3. The molecule has 1 aromatic heterocycles. The molecule has 2 aliphatic heterocycles. The number of anilines is 2. The monoisotopic (exact) mass is 421 g/mol. The molecule has 1 saturated heterocycles. The molecule has 3 heterocycles. The maximum absolute atomic E-state index is 12.7. The third-order valence-corrected chi connectivity index (χ3v) is 6.00. The van der Waals surface area contributed by atoms with Gasteiger partial charge in [-0.05, 0) is 31.2 Å². The molecule has 2 amide bonds. The second kappa shape index (κ2) is 7.46. The van der Waals surface area contributed by atoms with Crippen LogP contribution in [-0.4, -0.2) is 30.1 Å². The topological polar surface area (TPSA) is 80.8 Å². The Hall–Kier alpha value is -3.39. The molecule has 0 saturated carbocycles. The van der Waals surface area contributed by atoms with E-state index >= 15 is 0 Å². The molecule has 1 fully saturated rings. The lowest BCUT2D eigenvalue weighted by atomic mass is 10.1. The van der Waals surface area contributed by atoms with E-state index in [9.17, 15) is 9.59 Å². The molecular formula is C22H19N3O4S. The van der Waals surface area contributed by atoms with Gasteiger partial charge < -0.3 is 19.7 Å². The number of rotatable bonds is 4. The largest absolute Gasteiger partial charge is 0.454 e. The molecule has 3 aromatic rings. The average molecular weight is 421 g/mol. The van der Waals surface area contributed by atoms with Crippen LogP contribution < -0.4 is 19.7 Å². The summed E-state index contributed by atoms with van der Waals surface area (Å²) in [5, 5.41) is 5.95. The Morgan fingerprint density at radius 2 is 1.97 bits per heavy atom. The van der Waals surface area contributed by atoms with Crippen LogP contribution in [0.25, 0.3) is 11.3 Å². The van der Waals surface area contributed by atoms with Crippen LogP contribution in [0.4, 0.5) is 11.4 Å². The summed E-state index contributed by atoms with van der Waals surface area (Å²) in [4.78, 5) is 31.3. The summed E-state index contributed by atoms with van der Waals surface area (Å²) >= 11 is 1.60. The van der Waals surface area contributed by atoms with Crippen LogP contribution in [0.1, 0.15) is 11.4 Å². The van der Waals surface area contributed by atoms with E-state index in [1.54, 1.807) is 28.4 Å². The number of fused-ring (bicyclic) bond motifs is 1. The van der Waals surface area contributed by atoms with Crippen LogP contribution in [0.5, 0.6) is 11.5 Å². The van der Waals surface area contributed by atoms with E-state index in [1.807, 2.05) is 42.6 Å². The third-order valence-electron chi connectivity index (χ3n) is 5.23. The number of hydrogen-bond acceptors (Lipinski definition) is 6. The van der Waals surface area contributed by atoms with Gasteiger partial charge in [0.05, 0.1) is 16.6 Å². The molecule has 0 aliphatic carbocycles. The van der Waals surface area contributed by atoms with Crippen molar-refractivity contribution in [3.05, 3.63) is 52.9 Å². The maximum atomic E-state index is 12.7. The second-order valence-corrected chi connectivity index (χ2v) is 8.32. The van der Waals surface area contributed by atoms with Crippen LogP contribution >= 0.6 is 11.3 Å². The predicted molar refractivity (Wildman–Crippen MR) is 114 cm³/mol. The van der Waals surface area contributed by atoms with E-state index in [2.05, 4.69) is 10.3 Å². The van der Waals surface area contributed by atoms with Gasteiger partial charge in [0.25, 0.3) is 0 Å². The van der Waals surface area contributed by atoms with E-state index < -0.39 is 5.92 Å². The molecule has 8 heteroatoms. The Kier molecular flexibility index (Phi) is 4.63. The number of nitrogens with zero attached hydrogens (tertiary/aromatic N) is 2. The van der Waals surface area contributed by atoms with E-state index in [1.165, 1.54) is 0 Å². The standard InChI is InChI=1S/C22H19N3O4S/c1-13-23-18(11-30-13)14-2-4-16(5-3-14)24-22(27)15-8-21(26)25(10-15)17-6-7-19-20(9-17)29-12-28-19/h2-7,9,11,15H,8,10,12H2,1H3,(H,24,27)/t15-/m1/s1. The lowest BCUT2D eigenvalue weighted by Crippen LogP contribution is -2.28. The van der Waals surface area contributed by atoms with Crippen molar-refractivity contribution in [2.75, 3.05) is 23.6 Å². The van der Waals surface area contributed by atoms with Crippen molar-refractivity contribution in [2.24, 2.45) is 5.92 Å². The Morgan fingerprint density at radius 1 is 1.17 bits per heavy atom. The molecule has 5 rings (SSSR count). The minimum atomic E-state index is -0.413. The molecule has 1 atom stereocenters. The quantitative estimate of drug-likeness (QED) is 0.692. The molecule has 0 bridgehead atoms. The number of thiazole rings is 1. The highest BCUT2D eigenvalue weighted by atomic mass is 32.1. The first-order valence-electron chi connectivity index (χ1n) is 9.60. The number of carbonyl (C=O) groups is 2. The molecule has 152 valence electrons. The lowest BCUT2D eigenvalue weighted by molar-refractivity contribution is -0.122. The fourth-order valence-electron chi connectivity index (χ4n) is 3.65. The van der Waals surface area contributed by atoms with Crippen LogP contribution in [0.15, 0.2) is 47.8 Å². The molecular weight excluding hydrogens is 402 g/mol. The lowest BCUT2D eigenvalue weighted by Gasteiger charge is -2.17. The van der Waals surface area contributed by atoms with Gasteiger partial charge >= 0.3 is 0 Å². The van der Waals surface area contributed by atoms with Gasteiger partial charge in [0.15, 0.2) is 11.5 Å². The van der Waals surface area contributed by atoms with Gasteiger partial charge in [-0.3, -0.25) is 9.59 Å². The van der Waals surface area contributed by atoms with Crippen molar-refractivity contribution in [3.8, 4) is 22.8 Å². The number of amides is 2. The number of carbonyl (C=O) groups excluding carboxylic acids is 2. The number of hydrogen-bond donors (Lipinski definition) is 1. The van der Waals surface area contributed by atoms with Gasteiger partial charge in [0.1, 0.15) is 0 Å². The molecule has 0 radical (unpaired) electrons. The van der Waals surface area contributed by atoms with Gasteiger partial charge in [-0.1, -0.05) is 12.1 Å². The molecule has 7 nitrogen and oxygen atoms in total. The Morgan fingerprint density at radius 3 is 2.73 bits per heavy atom. The zero-order valence-corrected chi connectivity index (χ0v) is 17.1. The van der Waals surface area contributed by atoms with Crippen LogP contribution in [0.2, 0.25) is 0 Å². The number of aryl methyl sites for hydroxylation is 1. The van der Waals surface area contributed by atoms with Gasteiger partial charge in [-0.15, -0.1) is 11.3 Å². The van der Waals surface area contributed by atoms with Gasteiger partial charge in [-0.25, -0.2) is 4.98 Å². The Balaban J connectivity index is 1.25. The first-order chi connectivity index (χ1) is 14.6. The summed E-state index contributed by atoms with van der Waals surface area (Å²) in [7, 11) is 0. The summed E-state index contributed by atoms with van der Waals surface area (Å²) in [5.74, 6) is 0.621. The summed E-state index contributed by atoms with van der Waals surface area (Å²) < 4.78 is 10.7. The summed E-state index contributed by atoms with van der Waals surface area (Å²) in [6.45, 7) is 2.48. The van der Waals surface area contributed by atoms with Crippen LogP contribution in [0.3, 0.4) is 0 Å². The van der Waals surface area contributed by atoms with Crippen molar-refractivity contribution in [1.29, 1.82) is 0 Å².